The first kappa shape index (κ1) is 17.3. The number of alkyl halides is 3. The molecule has 0 aromatic carbocycles. The van der Waals surface area contributed by atoms with Gasteiger partial charge in [0.25, 0.3) is 3.79 Å². The standard InChI is InChI=1S/C12H15Cl3O5S/c1-10(2)7-3-4-11(10,8(16)5-7)6-21(18,19)20-9(17)12(13,14)15/h7H,3-6H2,1-2H3. The number of hydrogen-bond donors (Lipinski definition) is 0. The maximum Gasteiger partial charge on any atom is 0.373 e. The van der Waals surface area contributed by atoms with Gasteiger partial charge in [0.05, 0.1) is 11.2 Å². The van der Waals surface area contributed by atoms with E-state index in [-0.39, 0.29) is 11.7 Å². The van der Waals surface area contributed by atoms with E-state index in [1.807, 2.05) is 13.8 Å². The van der Waals surface area contributed by atoms with Gasteiger partial charge in [0, 0.05) is 6.42 Å². The Morgan fingerprint density at radius 1 is 1.38 bits per heavy atom. The second kappa shape index (κ2) is 4.98. The van der Waals surface area contributed by atoms with Crippen LogP contribution in [0.25, 0.3) is 0 Å². The topological polar surface area (TPSA) is 77.5 Å². The van der Waals surface area contributed by atoms with E-state index in [1.54, 1.807) is 0 Å². The number of carbonyl (C=O) groups excluding carboxylic acids is 2. The summed E-state index contributed by atoms with van der Waals surface area (Å²) < 4.78 is 26.0. The van der Waals surface area contributed by atoms with Crippen molar-refractivity contribution in [2.24, 2.45) is 16.7 Å². The van der Waals surface area contributed by atoms with Crippen molar-refractivity contribution in [3.8, 4) is 0 Å². The quantitative estimate of drug-likeness (QED) is 0.558. The molecule has 2 rings (SSSR count). The fraction of sp³-hybridized carbons (Fsp3) is 0.833. The van der Waals surface area contributed by atoms with Crippen LogP contribution in [0.15, 0.2) is 0 Å². The van der Waals surface area contributed by atoms with E-state index >= 15 is 0 Å². The molecule has 5 nitrogen and oxygen atoms in total. The molecule has 0 aromatic rings. The maximum absolute atomic E-state index is 12.3. The van der Waals surface area contributed by atoms with Crippen molar-refractivity contribution in [1.29, 1.82) is 0 Å². The Hall–Kier alpha value is -0.0400. The molecular formula is C12H15Cl3O5S. The first-order valence-electron chi connectivity index (χ1n) is 6.38. The molecule has 0 amide bonds. The van der Waals surface area contributed by atoms with Crippen LogP contribution in [0.2, 0.25) is 0 Å². The Kier molecular flexibility index (Phi) is 4.11. The number of Topliss-reactive ketones (excluding diaryl/α,β-unsaturated/α-hetero) is 1. The molecule has 0 spiro atoms. The van der Waals surface area contributed by atoms with Crippen LogP contribution in [-0.4, -0.2) is 29.7 Å². The van der Waals surface area contributed by atoms with Crippen LogP contribution >= 0.6 is 34.8 Å². The third-order valence-corrected chi connectivity index (χ3v) is 6.71. The highest BCUT2D eigenvalue weighted by atomic mass is 35.6. The van der Waals surface area contributed by atoms with Gasteiger partial charge in [-0.05, 0) is 24.2 Å². The van der Waals surface area contributed by atoms with E-state index in [2.05, 4.69) is 4.18 Å². The lowest BCUT2D eigenvalue weighted by Gasteiger charge is -2.35. The van der Waals surface area contributed by atoms with Gasteiger partial charge in [0.1, 0.15) is 5.78 Å². The number of rotatable bonds is 3. The van der Waals surface area contributed by atoms with Gasteiger partial charge < -0.3 is 4.18 Å². The highest BCUT2D eigenvalue weighted by molar-refractivity contribution is 7.87. The molecule has 2 aliphatic carbocycles. The largest absolute Gasteiger partial charge is 0.373 e. The second-order valence-electron chi connectivity index (χ2n) is 6.24. The van der Waals surface area contributed by atoms with Crippen molar-refractivity contribution in [2.45, 2.75) is 36.9 Å². The van der Waals surface area contributed by atoms with Gasteiger partial charge in [0.2, 0.25) is 0 Å². The average molecular weight is 378 g/mol. The van der Waals surface area contributed by atoms with Crippen molar-refractivity contribution in [2.75, 3.05) is 5.75 Å². The van der Waals surface area contributed by atoms with Crippen LogP contribution in [0.4, 0.5) is 0 Å². The summed E-state index contributed by atoms with van der Waals surface area (Å²) in [6, 6.07) is 0. The van der Waals surface area contributed by atoms with Gasteiger partial charge >= 0.3 is 16.1 Å². The van der Waals surface area contributed by atoms with Crippen LogP contribution < -0.4 is 0 Å². The molecule has 2 atom stereocenters. The Bertz CT molecular complexity index is 593. The smallest absolute Gasteiger partial charge is 0.342 e. The summed E-state index contributed by atoms with van der Waals surface area (Å²) in [5.74, 6) is -1.99. The summed E-state index contributed by atoms with van der Waals surface area (Å²) in [5, 5.41) is 0. The summed E-state index contributed by atoms with van der Waals surface area (Å²) >= 11 is 15.9. The van der Waals surface area contributed by atoms with Crippen molar-refractivity contribution < 1.29 is 22.2 Å². The molecule has 2 bridgehead atoms. The zero-order valence-electron chi connectivity index (χ0n) is 11.5. The Balaban J connectivity index is 2.25. The van der Waals surface area contributed by atoms with E-state index in [4.69, 9.17) is 34.8 Å². The number of fused-ring (bicyclic) bond motifs is 2. The lowest BCUT2D eigenvalue weighted by atomic mass is 9.70. The van der Waals surface area contributed by atoms with E-state index in [0.29, 0.717) is 12.8 Å². The molecule has 0 aromatic heterocycles. The van der Waals surface area contributed by atoms with Crippen molar-refractivity contribution in [3.63, 3.8) is 0 Å². The van der Waals surface area contributed by atoms with Gasteiger partial charge in [-0.25, -0.2) is 4.79 Å². The second-order valence-corrected chi connectivity index (χ2v) is 10.1. The minimum atomic E-state index is -4.32. The number of ketones is 1. The molecule has 0 N–H and O–H groups in total. The van der Waals surface area contributed by atoms with E-state index in [9.17, 15) is 18.0 Å². The summed E-state index contributed by atoms with van der Waals surface area (Å²) in [4.78, 5) is 23.7. The SMILES string of the molecule is CC1(C)C2CCC1(CS(=O)(=O)OC(=O)C(Cl)(Cl)Cl)C(=O)C2. The fourth-order valence-electron chi connectivity index (χ4n) is 3.60. The highest BCUT2D eigenvalue weighted by Gasteiger charge is 2.65. The summed E-state index contributed by atoms with van der Waals surface area (Å²) in [6.45, 7) is 3.75. The number of carbonyl (C=O) groups is 2. The molecule has 0 radical (unpaired) electrons. The third kappa shape index (κ3) is 2.80. The molecule has 2 unspecified atom stereocenters. The Labute approximate surface area is 138 Å². The molecule has 21 heavy (non-hydrogen) atoms. The minimum Gasteiger partial charge on any atom is -0.342 e. The van der Waals surface area contributed by atoms with Crippen LogP contribution in [0.1, 0.15) is 33.1 Å². The number of halogens is 3. The van der Waals surface area contributed by atoms with Gasteiger partial charge in [0.15, 0.2) is 0 Å². The molecule has 0 saturated heterocycles. The Morgan fingerprint density at radius 2 is 1.95 bits per heavy atom. The molecule has 0 aliphatic heterocycles. The Morgan fingerprint density at radius 3 is 2.33 bits per heavy atom. The molecule has 9 heteroatoms. The number of hydrogen-bond acceptors (Lipinski definition) is 5. The van der Waals surface area contributed by atoms with Gasteiger partial charge in [-0.3, -0.25) is 4.79 Å². The van der Waals surface area contributed by atoms with Gasteiger partial charge in [-0.1, -0.05) is 48.7 Å². The predicted molar refractivity (Wildman–Crippen MR) is 78.7 cm³/mol. The van der Waals surface area contributed by atoms with Crippen LogP contribution in [0.5, 0.6) is 0 Å². The van der Waals surface area contributed by atoms with Gasteiger partial charge in [-0.2, -0.15) is 8.42 Å². The molecular weight excluding hydrogens is 363 g/mol. The van der Waals surface area contributed by atoms with E-state index < -0.39 is 36.5 Å². The van der Waals surface area contributed by atoms with Crippen molar-refractivity contribution in [3.05, 3.63) is 0 Å². The van der Waals surface area contributed by atoms with Crippen molar-refractivity contribution in [1.82, 2.24) is 0 Å². The molecule has 120 valence electrons. The summed E-state index contributed by atoms with van der Waals surface area (Å²) in [6.07, 6.45) is 1.61. The van der Waals surface area contributed by atoms with E-state index in [1.165, 1.54) is 0 Å². The average Bonchev–Trinajstić information content (AvgIpc) is 2.60. The van der Waals surface area contributed by atoms with Crippen LogP contribution in [0, 0.1) is 16.7 Å². The zero-order valence-corrected chi connectivity index (χ0v) is 14.6. The lowest BCUT2D eigenvalue weighted by Crippen LogP contribution is -2.43. The normalized spacial score (nSPS) is 31.5. The van der Waals surface area contributed by atoms with Crippen molar-refractivity contribution >= 4 is 56.7 Å². The van der Waals surface area contributed by atoms with Gasteiger partial charge in [-0.15, -0.1) is 0 Å². The highest BCUT2D eigenvalue weighted by Crippen LogP contribution is 2.64. The molecule has 2 aliphatic rings. The third-order valence-electron chi connectivity index (χ3n) is 5.00. The predicted octanol–water partition coefficient (Wildman–Crippen LogP) is 2.63. The lowest BCUT2D eigenvalue weighted by molar-refractivity contribution is -0.133. The molecule has 2 fully saturated rings. The summed E-state index contributed by atoms with van der Waals surface area (Å²) in [7, 11) is -4.32. The zero-order chi connectivity index (χ0) is 16.3. The minimum absolute atomic E-state index is 0.0998. The first-order chi connectivity index (χ1) is 9.32. The van der Waals surface area contributed by atoms with Crippen LogP contribution in [-0.2, 0) is 23.9 Å². The first-order valence-corrected chi connectivity index (χ1v) is 9.10. The maximum atomic E-state index is 12.3. The monoisotopic (exact) mass is 376 g/mol. The molecule has 0 heterocycles. The summed E-state index contributed by atoms with van der Waals surface area (Å²) in [5.41, 5.74) is -1.48. The fourth-order valence-corrected chi connectivity index (χ4v) is 5.55. The van der Waals surface area contributed by atoms with E-state index in [0.717, 1.165) is 6.42 Å². The molecule has 2 saturated carbocycles. The van der Waals surface area contributed by atoms with Crippen LogP contribution in [0.3, 0.4) is 0 Å².